The molecule has 2 aromatic rings. The first-order valence-corrected chi connectivity index (χ1v) is 8.03. The first kappa shape index (κ1) is 18.2. The maximum Gasteiger partial charge on any atom is 0.272 e. The Kier molecular flexibility index (Phi) is 5.89. The molecule has 0 aliphatic carbocycles. The lowest BCUT2D eigenvalue weighted by molar-refractivity contribution is -0.384. The topological polar surface area (TPSA) is 77.2 Å². The third-order valence-corrected chi connectivity index (χ3v) is 3.68. The molecule has 1 amide bonds. The summed E-state index contributed by atoms with van der Waals surface area (Å²) in [6.07, 6.45) is 7.82. The first-order chi connectivity index (χ1) is 12.0. The number of nitrogens with one attached hydrogen (secondary N) is 1. The molecule has 25 heavy (non-hydrogen) atoms. The molecule has 1 aromatic carbocycles. The minimum absolute atomic E-state index is 0.0127. The molecule has 1 aromatic heterocycles. The number of carbonyl (C=O) groups excluding carboxylic acids is 1. The number of amides is 1. The summed E-state index contributed by atoms with van der Waals surface area (Å²) < 4.78 is 1.89. The predicted molar refractivity (Wildman–Crippen MR) is 99.4 cm³/mol. The minimum atomic E-state index is -0.435. The summed E-state index contributed by atoms with van der Waals surface area (Å²) in [4.78, 5) is 23.2. The van der Waals surface area contributed by atoms with Crippen molar-refractivity contribution >= 4 is 22.5 Å². The number of hydrogen-bond acceptors (Lipinski definition) is 3. The molecule has 0 atom stereocenters. The molecule has 1 N–H and O–H groups in total. The lowest BCUT2D eigenvalue weighted by atomic mass is 10.2. The van der Waals surface area contributed by atoms with Crippen molar-refractivity contribution in [2.75, 3.05) is 0 Å². The number of nitro groups is 1. The van der Waals surface area contributed by atoms with E-state index in [1.807, 2.05) is 11.5 Å². The fourth-order valence-corrected chi connectivity index (χ4v) is 2.59. The molecule has 0 bridgehead atoms. The lowest BCUT2D eigenvalue weighted by Gasteiger charge is -2.10. The Morgan fingerprint density at radius 2 is 2.12 bits per heavy atom. The lowest BCUT2D eigenvalue weighted by Crippen LogP contribution is -2.24. The number of rotatable bonds is 7. The zero-order valence-corrected chi connectivity index (χ0v) is 14.4. The molecule has 0 radical (unpaired) electrons. The van der Waals surface area contributed by atoms with E-state index >= 15 is 0 Å². The number of nitrogens with zero attached hydrogens (tertiary/aromatic N) is 2. The van der Waals surface area contributed by atoms with Crippen LogP contribution in [-0.2, 0) is 6.54 Å². The Morgan fingerprint density at radius 3 is 2.76 bits per heavy atom. The van der Waals surface area contributed by atoms with Crippen molar-refractivity contribution in [2.24, 2.45) is 0 Å². The van der Waals surface area contributed by atoms with E-state index in [1.54, 1.807) is 43.4 Å². The van der Waals surface area contributed by atoms with Crippen LogP contribution in [0.3, 0.4) is 0 Å². The van der Waals surface area contributed by atoms with E-state index in [0.29, 0.717) is 23.3 Å². The molecule has 6 heteroatoms. The van der Waals surface area contributed by atoms with Crippen molar-refractivity contribution < 1.29 is 9.72 Å². The maximum atomic E-state index is 12.6. The van der Waals surface area contributed by atoms with Crippen molar-refractivity contribution in [3.63, 3.8) is 0 Å². The summed E-state index contributed by atoms with van der Waals surface area (Å²) in [5, 5.41) is 14.5. The molecule has 0 aliphatic heterocycles. The van der Waals surface area contributed by atoms with Crippen LogP contribution in [-0.4, -0.2) is 15.4 Å². The Balaban J connectivity index is 2.41. The summed E-state index contributed by atoms with van der Waals surface area (Å²) in [6, 6.07) is 6.34. The van der Waals surface area contributed by atoms with E-state index in [-0.39, 0.29) is 11.6 Å². The molecule has 130 valence electrons. The van der Waals surface area contributed by atoms with Gasteiger partial charge in [-0.2, -0.15) is 0 Å². The number of fused-ring (bicyclic) bond motifs is 1. The average Bonchev–Trinajstić information content (AvgIpc) is 2.93. The van der Waals surface area contributed by atoms with Gasteiger partial charge in [0.05, 0.1) is 4.92 Å². The standard InChI is InChI=1S/C19H21N3O3/c1-4-6-7-8-14(3)20-19(23)18-13-15-12-16(22(24)25)9-10-17(15)21(18)11-5-2/h4,6-10,12-13H,1,5,11H2,2-3H3,(H,20,23)/b7-6-,14-8+. The molecule has 0 fully saturated rings. The monoisotopic (exact) mass is 339 g/mol. The molecular formula is C19H21N3O3. The molecule has 0 saturated heterocycles. The highest BCUT2D eigenvalue weighted by Gasteiger charge is 2.17. The second-order valence-corrected chi connectivity index (χ2v) is 5.61. The number of aryl methyl sites for hydroxylation is 1. The summed E-state index contributed by atoms with van der Waals surface area (Å²) in [5.74, 6) is -0.243. The van der Waals surface area contributed by atoms with Crippen LogP contribution in [0.5, 0.6) is 0 Å². The fourth-order valence-electron chi connectivity index (χ4n) is 2.59. The first-order valence-electron chi connectivity index (χ1n) is 8.03. The van der Waals surface area contributed by atoms with Crippen molar-refractivity contribution in [1.82, 2.24) is 9.88 Å². The second kappa shape index (κ2) is 8.10. The molecular weight excluding hydrogens is 318 g/mol. The average molecular weight is 339 g/mol. The van der Waals surface area contributed by atoms with E-state index in [9.17, 15) is 14.9 Å². The van der Waals surface area contributed by atoms with Gasteiger partial charge in [-0.15, -0.1) is 0 Å². The zero-order valence-electron chi connectivity index (χ0n) is 14.4. The van der Waals surface area contributed by atoms with Crippen LogP contribution in [0.4, 0.5) is 5.69 Å². The quantitative estimate of drug-likeness (QED) is 0.463. The summed E-state index contributed by atoms with van der Waals surface area (Å²) in [6.45, 7) is 8.06. The summed E-state index contributed by atoms with van der Waals surface area (Å²) in [7, 11) is 0. The third kappa shape index (κ3) is 4.23. The van der Waals surface area contributed by atoms with Gasteiger partial charge in [-0.25, -0.2) is 0 Å². The van der Waals surface area contributed by atoms with Crippen molar-refractivity contribution in [3.05, 3.63) is 76.7 Å². The van der Waals surface area contributed by atoms with Crippen LogP contribution in [0.2, 0.25) is 0 Å². The number of aromatic nitrogens is 1. The molecule has 6 nitrogen and oxygen atoms in total. The Bertz CT molecular complexity index is 875. The molecule has 0 spiro atoms. The largest absolute Gasteiger partial charge is 0.336 e. The fraction of sp³-hybridized carbons (Fsp3) is 0.211. The van der Waals surface area contributed by atoms with Gasteiger partial charge in [0.25, 0.3) is 11.6 Å². The van der Waals surface area contributed by atoms with Crippen LogP contribution >= 0.6 is 0 Å². The van der Waals surface area contributed by atoms with E-state index in [4.69, 9.17) is 0 Å². The number of hydrogen-bond donors (Lipinski definition) is 1. The van der Waals surface area contributed by atoms with Crippen LogP contribution in [0.1, 0.15) is 30.8 Å². The molecule has 0 aliphatic rings. The highest BCUT2D eigenvalue weighted by atomic mass is 16.6. The SMILES string of the molecule is C=C/C=C\C=C(/C)NC(=O)c1cc2cc([N+](=O)[O-])ccc2n1CCC. The van der Waals surface area contributed by atoms with Gasteiger partial charge in [0.1, 0.15) is 5.69 Å². The van der Waals surface area contributed by atoms with Gasteiger partial charge in [-0.3, -0.25) is 14.9 Å². The van der Waals surface area contributed by atoms with Crippen molar-refractivity contribution in [3.8, 4) is 0 Å². The van der Waals surface area contributed by atoms with Crippen molar-refractivity contribution in [1.29, 1.82) is 0 Å². The number of allylic oxidation sites excluding steroid dienone is 5. The van der Waals surface area contributed by atoms with E-state index in [0.717, 1.165) is 11.9 Å². The number of benzene rings is 1. The highest BCUT2D eigenvalue weighted by Crippen LogP contribution is 2.25. The summed E-state index contributed by atoms with van der Waals surface area (Å²) in [5.41, 5.74) is 2.00. The number of nitro benzene ring substituents is 1. The van der Waals surface area contributed by atoms with E-state index < -0.39 is 4.92 Å². The van der Waals surface area contributed by atoms with Gasteiger partial charge in [0, 0.05) is 35.3 Å². The molecule has 1 heterocycles. The van der Waals surface area contributed by atoms with Gasteiger partial charge < -0.3 is 9.88 Å². The van der Waals surface area contributed by atoms with E-state index in [1.165, 1.54) is 12.1 Å². The van der Waals surface area contributed by atoms with Crippen LogP contribution < -0.4 is 5.32 Å². The van der Waals surface area contributed by atoms with E-state index in [2.05, 4.69) is 11.9 Å². The molecule has 0 saturated carbocycles. The van der Waals surface area contributed by atoms with Gasteiger partial charge in [-0.05, 0) is 31.6 Å². The number of non-ortho nitro benzene ring substituents is 1. The second-order valence-electron chi connectivity index (χ2n) is 5.61. The minimum Gasteiger partial charge on any atom is -0.336 e. The molecule has 0 unspecified atom stereocenters. The zero-order chi connectivity index (χ0) is 18.4. The maximum absolute atomic E-state index is 12.6. The van der Waals surface area contributed by atoms with Gasteiger partial charge >= 0.3 is 0 Å². The highest BCUT2D eigenvalue weighted by molar-refractivity contribution is 6.00. The Morgan fingerprint density at radius 1 is 1.36 bits per heavy atom. The van der Waals surface area contributed by atoms with Gasteiger partial charge in [0.2, 0.25) is 0 Å². The van der Waals surface area contributed by atoms with Crippen molar-refractivity contribution in [2.45, 2.75) is 26.8 Å². The van der Waals surface area contributed by atoms with Gasteiger partial charge in [0.15, 0.2) is 0 Å². The Hall–Kier alpha value is -3.15. The molecule has 2 rings (SSSR count). The third-order valence-electron chi connectivity index (χ3n) is 3.68. The number of carbonyl (C=O) groups is 1. The predicted octanol–water partition coefficient (Wildman–Crippen LogP) is 4.34. The van der Waals surface area contributed by atoms with Crippen LogP contribution in [0.25, 0.3) is 10.9 Å². The Labute approximate surface area is 146 Å². The van der Waals surface area contributed by atoms with Gasteiger partial charge in [-0.1, -0.05) is 31.7 Å². The van der Waals surface area contributed by atoms with Crippen LogP contribution in [0.15, 0.2) is 60.8 Å². The summed E-state index contributed by atoms with van der Waals surface area (Å²) >= 11 is 0. The van der Waals surface area contributed by atoms with Crippen LogP contribution in [0, 0.1) is 10.1 Å². The smallest absolute Gasteiger partial charge is 0.272 e. The normalized spacial score (nSPS) is 11.8.